The van der Waals surface area contributed by atoms with Crippen molar-refractivity contribution in [3.05, 3.63) is 41.3 Å². The van der Waals surface area contributed by atoms with Crippen molar-refractivity contribution in [2.75, 3.05) is 4.72 Å². The van der Waals surface area contributed by atoms with E-state index in [1.54, 1.807) is 25.5 Å². The highest BCUT2D eigenvalue weighted by Gasteiger charge is 2.20. The van der Waals surface area contributed by atoms with Crippen LogP contribution in [0.2, 0.25) is 0 Å². The van der Waals surface area contributed by atoms with Crippen molar-refractivity contribution in [1.29, 1.82) is 0 Å². The lowest BCUT2D eigenvalue weighted by molar-refractivity contribution is 0.0696. The summed E-state index contributed by atoms with van der Waals surface area (Å²) in [6.07, 6.45) is 1.40. The predicted molar refractivity (Wildman–Crippen MR) is 76.9 cm³/mol. The number of rotatable bonds is 4. The molecule has 7 nitrogen and oxygen atoms in total. The third-order valence-corrected chi connectivity index (χ3v) is 4.41. The summed E-state index contributed by atoms with van der Waals surface area (Å²) in [6.45, 7) is 3.24. The number of aromatic nitrogens is 2. The number of sulfonamides is 1. The summed E-state index contributed by atoms with van der Waals surface area (Å²) < 4.78 is 28.5. The molecule has 1 aromatic heterocycles. The molecule has 0 bridgehead atoms. The fraction of sp³-hybridized carbons (Fsp3) is 0.231. The van der Waals surface area contributed by atoms with Crippen LogP contribution in [0.25, 0.3) is 0 Å². The highest BCUT2D eigenvalue weighted by Crippen LogP contribution is 2.22. The van der Waals surface area contributed by atoms with Crippen LogP contribution in [-0.4, -0.2) is 29.0 Å². The molecule has 0 atom stereocenters. The van der Waals surface area contributed by atoms with Gasteiger partial charge in [0.2, 0.25) is 0 Å². The van der Waals surface area contributed by atoms with Gasteiger partial charge in [0.25, 0.3) is 10.0 Å². The van der Waals surface area contributed by atoms with Crippen molar-refractivity contribution < 1.29 is 18.3 Å². The molecule has 8 heteroatoms. The minimum Gasteiger partial charge on any atom is -0.478 e. The lowest BCUT2D eigenvalue weighted by Gasteiger charge is -2.10. The molecule has 2 aromatic rings. The van der Waals surface area contributed by atoms with Gasteiger partial charge in [0.05, 0.1) is 11.3 Å². The normalized spacial score (nSPS) is 11.4. The SMILES string of the molecule is Cc1c(NS(=O)(=O)c2cn(C)c(C)n2)cccc1C(=O)O. The average molecular weight is 309 g/mol. The van der Waals surface area contributed by atoms with Crippen molar-refractivity contribution in [1.82, 2.24) is 9.55 Å². The second kappa shape index (κ2) is 5.21. The number of carboxylic acid groups (broad SMARTS) is 1. The Labute approximate surface area is 122 Å². The molecule has 21 heavy (non-hydrogen) atoms. The van der Waals surface area contributed by atoms with Crippen LogP contribution < -0.4 is 4.72 Å². The maximum Gasteiger partial charge on any atom is 0.336 e. The summed E-state index contributed by atoms with van der Waals surface area (Å²) in [6, 6.07) is 4.41. The second-order valence-corrected chi connectivity index (χ2v) is 6.26. The first-order chi connectivity index (χ1) is 9.72. The van der Waals surface area contributed by atoms with Crippen LogP contribution in [0.5, 0.6) is 0 Å². The molecule has 0 unspecified atom stereocenters. The van der Waals surface area contributed by atoms with Gasteiger partial charge in [-0.05, 0) is 31.5 Å². The maximum atomic E-state index is 12.3. The number of benzene rings is 1. The molecule has 0 spiro atoms. The summed E-state index contributed by atoms with van der Waals surface area (Å²) in [5.74, 6) is -0.548. The first kappa shape index (κ1) is 15.0. The Hall–Kier alpha value is -2.35. The fourth-order valence-corrected chi connectivity index (χ4v) is 3.00. The standard InChI is InChI=1S/C13H15N3O4S/c1-8-10(13(17)18)5-4-6-11(8)15-21(19,20)12-7-16(3)9(2)14-12/h4-7,15H,1-3H3,(H,17,18). The number of nitrogens with zero attached hydrogens (tertiary/aromatic N) is 2. The van der Waals surface area contributed by atoms with E-state index in [-0.39, 0.29) is 16.3 Å². The van der Waals surface area contributed by atoms with Crippen molar-refractivity contribution in [2.45, 2.75) is 18.9 Å². The number of nitrogens with one attached hydrogen (secondary N) is 1. The monoisotopic (exact) mass is 309 g/mol. The molecule has 2 rings (SSSR count). The number of carbonyl (C=O) groups is 1. The second-order valence-electron chi connectivity index (χ2n) is 4.63. The van der Waals surface area contributed by atoms with Gasteiger partial charge < -0.3 is 9.67 Å². The summed E-state index contributed by atoms with van der Waals surface area (Å²) in [4.78, 5) is 15.0. The van der Waals surface area contributed by atoms with Gasteiger partial charge in [-0.3, -0.25) is 4.72 Å². The molecule has 0 fully saturated rings. The topological polar surface area (TPSA) is 101 Å². The highest BCUT2D eigenvalue weighted by atomic mass is 32.2. The van der Waals surface area contributed by atoms with Crippen LogP contribution in [0.3, 0.4) is 0 Å². The number of anilines is 1. The summed E-state index contributed by atoms with van der Waals surface area (Å²) in [7, 11) is -2.16. The Kier molecular flexibility index (Phi) is 3.73. The van der Waals surface area contributed by atoms with E-state index in [0.29, 0.717) is 11.4 Å². The van der Waals surface area contributed by atoms with Gasteiger partial charge in [-0.15, -0.1) is 0 Å². The molecule has 0 aliphatic heterocycles. The average Bonchev–Trinajstić information content (AvgIpc) is 2.72. The summed E-state index contributed by atoms with van der Waals surface area (Å²) in [5.41, 5.74) is 0.617. The first-order valence-electron chi connectivity index (χ1n) is 6.08. The Balaban J connectivity index is 2.42. The molecular formula is C13H15N3O4S. The highest BCUT2D eigenvalue weighted by molar-refractivity contribution is 7.92. The molecule has 112 valence electrons. The van der Waals surface area contributed by atoms with Crippen molar-refractivity contribution in [3.8, 4) is 0 Å². The summed E-state index contributed by atoms with van der Waals surface area (Å²) in [5, 5.41) is 8.94. The van der Waals surface area contributed by atoms with E-state index in [0.717, 1.165) is 0 Å². The number of aromatic carboxylic acids is 1. The Morgan fingerprint density at radius 1 is 1.33 bits per heavy atom. The number of hydrogen-bond donors (Lipinski definition) is 2. The van der Waals surface area contributed by atoms with Gasteiger partial charge in [0.1, 0.15) is 5.82 Å². The molecule has 0 aliphatic carbocycles. The van der Waals surface area contributed by atoms with E-state index in [1.807, 2.05) is 0 Å². The predicted octanol–water partition coefficient (Wildman–Crippen LogP) is 1.54. The third kappa shape index (κ3) is 2.89. The summed E-state index contributed by atoms with van der Waals surface area (Å²) >= 11 is 0. The fourth-order valence-electron chi connectivity index (χ4n) is 1.83. The molecule has 0 saturated carbocycles. The zero-order chi connectivity index (χ0) is 15.8. The number of aryl methyl sites for hydroxylation is 2. The van der Waals surface area contributed by atoms with E-state index in [9.17, 15) is 13.2 Å². The van der Waals surface area contributed by atoms with Gasteiger partial charge in [-0.25, -0.2) is 9.78 Å². The van der Waals surface area contributed by atoms with Crippen LogP contribution in [0, 0.1) is 13.8 Å². The minimum atomic E-state index is -3.85. The molecule has 1 aromatic carbocycles. The van der Waals surface area contributed by atoms with Crippen LogP contribution >= 0.6 is 0 Å². The van der Waals surface area contributed by atoms with E-state index in [1.165, 1.54) is 24.4 Å². The van der Waals surface area contributed by atoms with Crippen LogP contribution in [0.15, 0.2) is 29.4 Å². The van der Waals surface area contributed by atoms with Crippen molar-refractivity contribution in [2.24, 2.45) is 7.05 Å². The lowest BCUT2D eigenvalue weighted by Crippen LogP contribution is -2.15. The largest absolute Gasteiger partial charge is 0.478 e. The van der Waals surface area contributed by atoms with Gasteiger partial charge in [0, 0.05) is 13.2 Å². The zero-order valence-electron chi connectivity index (χ0n) is 11.8. The first-order valence-corrected chi connectivity index (χ1v) is 7.56. The number of hydrogen-bond acceptors (Lipinski definition) is 4. The maximum absolute atomic E-state index is 12.3. The Morgan fingerprint density at radius 2 is 2.00 bits per heavy atom. The van der Waals surface area contributed by atoms with Crippen LogP contribution in [0.1, 0.15) is 21.7 Å². The number of carboxylic acids is 1. The molecule has 2 N–H and O–H groups in total. The molecule has 0 amide bonds. The van der Waals surface area contributed by atoms with Gasteiger partial charge in [0.15, 0.2) is 5.03 Å². The van der Waals surface area contributed by atoms with E-state index < -0.39 is 16.0 Å². The van der Waals surface area contributed by atoms with E-state index in [4.69, 9.17) is 5.11 Å². The quantitative estimate of drug-likeness (QED) is 0.892. The molecule has 1 heterocycles. The van der Waals surface area contributed by atoms with E-state index in [2.05, 4.69) is 9.71 Å². The molecule has 0 aliphatic rings. The minimum absolute atomic E-state index is 0.0485. The van der Waals surface area contributed by atoms with Crippen molar-refractivity contribution in [3.63, 3.8) is 0 Å². The Bertz CT molecular complexity index is 789. The van der Waals surface area contributed by atoms with Crippen LogP contribution in [-0.2, 0) is 17.1 Å². The lowest BCUT2D eigenvalue weighted by atomic mass is 10.1. The van der Waals surface area contributed by atoms with Gasteiger partial charge in [-0.2, -0.15) is 8.42 Å². The third-order valence-electron chi connectivity index (χ3n) is 3.17. The molecular weight excluding hydrogens is 294 g/mol. The van der Waals surface area contributed by atoms with Gasteiger partial charge >= 0.3 is 5.97 Å². The molecule has 0 saturated heterocycles. The molecule has 0 radical (unpaired) electrons. The smallest absolute Gasteiger partial charge is 0.336 e. The van der Waals surface area contributed by atoms with E-state index >= 15 is 0 Å². The van der Waals surface area contributed by atoms with Crippen molar-refractivity contribution >= 4 is 21.7 Å². The van der Waals surface area contributed by atoms with Crippen LogP contribution in [0.4, 0.5) is 5.69 Å². The van der Waals surface area contributed by atoms with Gasteiger partial charge in [-0.1, -0.05) is 6.07 Å². The Morgan fingerprint density at radius 3 is 2.52 bits per heavy atom. The zero-order valence-corrected chi connectivity index (χ0v) is 12.6. The number of imidazole rings is 1.